The van der Waals surface area contributed by atoms with Gasteiger partial charge in [-0.05, 0) is 31.9 Å². The Morgan fingerprint density at radius 1 is 1.40 bits per heavy atom. The molecule has 3 heteroatoms. The highest BCUT2D eigenvalue weighted by atomic mass is 16.3. The van der Waals surface area contributed by atoms with Crippen LogP contribution >= 0.6 is 0 Å². The summed E-state index contributed by atoms with van der Waals surface area (Å²) in [4.78, 5) is 0. The zero-order valence-electron chi connectivity index (χ0n) is 9.33. The molecule has 2 atom stereocenters. The van der Waals surface area contributed by atoms with Gasteiger partial charge in [-0.2, -0.15) is 0 Å². The maximum atomic E-state index is 6.06. The first kappa shape index (κ1) is 10.7. The Bertz CT molecular complexity index is 308. The van der Waals surface area contributed by atoms with Gasteiger partial charge in [0, 0.05) is 12.1 Å². The van der Waals surface area contributed by atoms with Crippen molar-refractivity contribution in [1.82, 2.24) is 5.32 Å². The number of nitrogens with one attached hydrogen (secondary N) is 1. The first-order chi connectivity index (χ1) is 7.25. The highest BCUT2D eigenvalue weighted by Crippen LogP contribution is 2.17. The first-order valence-electron chi connectivity index (χ1n) is 5.80. The summed E-state index contributed by atoms with van der Waals surface area (Å²) >= 11 is 0. The second-order valence-corrected chi connectivity index (χ2v) is 4.45. The van der Waals surface area contributed by atoms with Crippen molar-refractivity contribution in [3.63, 3.8) is 0 Å². The molecule has 2 unspecified atom stereocenters. The van der Waals surface area contributed by atoms with Crippen LogP contribution in [-0.2, 0) is 6.54 Å². The Morgan fingerprint density at radius 2 is 2.20 bits per heavy atom. The SMILES string of the molecule is Cc1ccc(CNC2CCCCC2N)o1. The Morgan fingerprint density at radius 3 is 2.87 bits per heavy atom. The molecule has 0 bridgehead atoms. The first-order valence-corrected chi connectivity index (χ1v) is 5.80. The summed E-state index contributed by atoms with van der Waals surface area (Å²) in [6.07, 6.45) is 4.91. The van der Waals surface area contributed by atoms with E-state index in [0.717, 1.165) is 24.5 Å². The highest BCUT2D eigenvalue weighted by Gasteiger charge is 2.21. The normalized spacial score (nSPS) is 26.8. The molecule has 1 saturated carbocycles. The molecule has 1 aromatic rings. The summed E-state index contributed by atoms with van der Waals surface area (Å²) in [6, 6.07) is 4.80. The molecule has 0 amide bonds. The van der Waals surface area contributed by atoms with E-state index in [1.165, 1.54) is 19.3 Å². The highest BCUT2D eigenvalue weighted by molar-refractivity contribution is 5.05. The van der Waals surface area contributed by atoms with E-state index in [2.05, 4.69) is 5.32 Å². The van der Waals surface area contributed by atoms with Gasteiger partial charge in [0.1, 0.15) is 11.5 Å². The topological polar surface area (TPSA) is 51.2 Å². The predicted octanol–water partition coefficient (Wildman–Crippen LogP) is 1.95. The van der Waals surface area contributed by atoms with Crippen LogP contribution in [0.25, 0.3) is 0 Å². The van der Waals surface area contributed by atoms with Crippen LogP contribution < -0.4 is 11.1 Å². The van der Waals surface area contributed by atoms with E-state index in [-0.39, 0.29) is 0 Å². The molecule has 84 valence electrons. The average Bonchev–Trinajstić information content (AvgIpc) is 2.63. The van der Waals surface area contributed by atoms with Crippen molar-refractivity contribution in [1.29, 1.82) is 0 Å². The lowest BCUT2D eigenvalue weighted by Crippen LogP contribution is -2.46. The standard InChI is InChI=1S/C12H20N2O/c1-9-6-7-10(15-9)8-14-12-5-3-2-4-11(12)13/h6-7,11-12,14H,2-5,8,13H2,1H3. The van der Waals surface area contributed by atoms with E-state index in [1.54, 1.807) is 0 Å². The number of aryl methyl sites for hydroxylation is 1. The van der Waals surface area contributed by atoms with Gasteiger partial charge >= 0.3 is 0 Å². The molecule has 1 aliphatic rings. The van der Waals surface area contributed by atoms with Crippen molar-refractivity contribution in [2.24, 2.45) is 5.73 Å². The molecular formula is C12H20N2O. The second kappa shape index (κ2) is 4.81. The predicted molar refractivity (Wildman–Crippen MR) is 60.5 cm³/mol. The fourth-order valence-corrected chi connectivity index (χ4v) is 2.22. The summed E-state index contributed by atoms with van der Waals surface area (Å²) in [7, 11) is 0. The van der Waals surface area contributed by atoms with Gasteiger partial charge in [0.15, 0.2) is 0 Å². The van der Waals surface area contributed by atoms with Crippen molar-refractivity contribution >= 4 is 0 Å². The van der Waals surface area contributed by atoms with Crippen LogP contribution in [0, 0.1) is 6.92 Å². The van der Waals surface area contributed by atoms with Crippen LogP contribution in [0.4, 0.5) is 0 Å². The fourth-order valence-electron chi connectivity index (χ4n) is 2.22. The molecule has 0 aliphatic heterocycles. The van der Waals surface area contributed by atoms with Gasteiger partial charge < -0.3 is 15.5 Å². The molecular weight excluding hydrogens is 188 g/mol. The number of nitrogens with two attached hydrogens (primary N) is 1. The summed E-state index contributed by atoms with van der Waals surface area (Å²) in [6.45, 7) is 2.77. The molecule has 2 rings (SSSR count). The molecule has 1 aromatic heterocycles. The van der Waals surface area contributed by atoms with Gasteiger partial charge in [-0.1, -0.05) is 12.8 Å². The van der Waals surface area contributed by atoms with Gasteiger partial charge in [0.2, 0.25) is 0 Å². The third-order valence-electron chi connectivity index (χ3n) is 3.15. The molecule has 1 heterocycles. The third kappa shape index (κ3) is 2.83. The minimum absolute atomic E-state index is 0.315. The van der Waals surface area contributed by atoms with Crippen LogP contribution in [-0.4, -0.2) is 12.1 Å². The molecule has 3 N–H and O–H groups in total. The minimum atomic E-state index is 0.315. The Balaban J connectivity index is 1.81. The molecule has 1 aliphatic carbocycles. The Hall–Kier alpha value is -0.800. The molecule has 15 heavy (non-hydrogen) atoms. The average molecular weight is 208 g/mol. The summed E-state index contributed by atoms with van der Waals surface area (Å²) in [5.74, 6) is 1.98. The van der Waals surface area contributed by atoms with Crippen molar-refractivity contribution in [3.8, 4) is 0 Å². The van der Waals surface area contributed by atoms with Gasteiger partial charge in [0.05, 0.1) is 6.54 Å². The number of hydrogen-bond donors (Lipinski definition) is 2. The quantitative estimate of drug-likeness (QED) is 0.798. The molecule has 0 saturated heterocycles. The molecule has 0 spiro atoms. The van der Waals surface area contributed by atoms with Crippen molar-refractivity contribution in [2.45, 2.75) is 51.2 Å². The fraction of sp³-hybridized carbons (Fsp3) is 0.667. The summed E-state index contributed by atoms with van der Waals surface area (Å²) in [5, 5.41) is 3.48. The maximum Gasteiger partial charge on any atom is 0.117 e. The summed E-state index contributed by atoms with van der Waals surface area (Å²) < 4.78 is 5.51. The van der Waals surface area contributed by atoms with Crippen molar-refractivity contribution in [2.75, 3.05) is 0 Å². The van der Waals surface area contributed by atoms with Crippen molar-refractivity contribution in [3.05, 3.63) is 23.7 Å². The monoisotopic (exact) mass is 208 g/mol. The van der Waals surface area contributed by atoms with E-state index in [9.17, 15) is 0 Å². The van der Waals surface area contributed by atoms with Crippen LogP contribution in [0.2, 0.25) is 0 Å². The zero-order valence-corrected chi connectivity index (χ0v) is 9.33. The summed E-state index contributed by atoms with van der Waals surface area (Å²) in [5.41, 5.74) is 6.06. The molecule has 3 nitrogen and oxygen atoms in total. The van der Waals surface area contributed by atoms with Crippen molar-refractivity contribution < 1.29 is 4.42 Å². The molecule has 1 fully saturated rings. The van der Waals surface area contributed by atoms with Gasteiger partial charge in [-0.3, -0.25) is 0 Å². The van der Waals surface area contributed by atoms with Crippen LogP contribution in [0.1, 0.15) is 37.2 Å². The second-order valence-electron chi connectivity index (χ2n) is 4.45. The van der Waals surface area contributed by atoms with Gasteiger partial charge in [0.25, 0.3) is 0 Å². The van der Waals surface area contributed by atoms with E-state index in [1.807, 2.05) is 19.1 Å². The lowest BCUT2D eigenvalue weighted by molar-refractivity contribution is 0.315. The number of hydrogen-bond acceptors (Lipinski definition) is 3. The lowest BCUT2D eigenvalue weighted by atomic mass is 9.91. The number of rotatable bonds is 3. The van der Waals surface area contributed by atoms with Gasteiger partial charge in [-0.15, -0.1) is 0 Å². The van der Waals surface area contributed by atoms with Crippen LogP contribution in [0.5, 0.6) is 0 Å². The smallest absolute Gasteiger partial charge is 0.117 e. The third-order valence-corrected chi connectivity index (χ3v) is 3.15. The van der Waals surface area contributed by atoms with Crippen LogP contribution in [0.3, 0.4) is 0 Å². The van der Waals surface area contributed by atoms with E-state index in [0.29, 0.717) is 12.1 Å². The Labute approximate surface area is 91.0 Å². The Kier molecular flexibility index (Phi) is 3.44. The largest absolute Gasteiger partial charge is 0.465 e. The van der Waals surface area contributed by atoms with E-state index < -0.39 is 0 Å². The van der Waals surface area contributed by atoms with Crippen LogP contribution in [0.15, 0.2) is 16.5 Å². The van der Waals surface area contributed by atoms with E-state index in [4.69, 9.17) is 10.2 Å². The zero-order chi connectivity index (χ0) is 10.7. The minimum Gasteiger partial charge on any atom is -0.465 e. The molecule has 0 radical (unpaired) electrons. The maximum absolute atomic E-state index is 6.06. The van der Waals surface area contributed by atoms with E-state index >= 15 is 0 Å². The molecule has 0 aromatic carbocycles. The van der Waals surface area contributed by atoms with Gasteiger partial charge in [-0.25, -0.2) is 0 Å². The number of furan rings is 1. The lowest BCUT2D eigenvalue weighted by Gasteiger charge is -2.29.